The van der Waals surface area contributed by atoms with Gasteiger partial charge >= 0.3 is 0 Å². The molecule has 9 nitrogen and oxygen atoms in total. The van der Waals surface area contributed by atoms with E-state index in [4.69, 9.17) is 0 Å². The van der Waals surface area contributed by atoms with Gasteiger partial charge in [0, 0.05) is 39.7 Å². The lowest BCUT2D eigenvalue weighted by molar-refractivity contribution is -0.384. The first-order valence-electron chi connectivity index (χ1n) is 10.1. The fourth-order valence-corrected chi connectivity index (χ4v) is 3.59. The van der Waals surface area contributed by atoms with E-state index in [1.54, 1.807) is 0 Å². The van der Waals surface area contributed by atoms with Gasteiger partial charge in [0.2, 0.25) is 11.9 Å². The Morgan fingerprint density at radius 1 is 0.853 bits per heavy atom. The SMILES string of the molecule is O=C(c1ccc([N+](=O)[O-])cc1)n1nc(NCc2ccc(Br)cc2)nc1NCc1ccc(Br)cc1. The molecule has 0 atom stereocenters. The van der Waals surface area contributed by atoms with Crippen molar-refractivity contribution in [3.63, 3.8) is 0 Å². The molecule has 1 aromatic heterocycles. The summed E-state index contributed by atoms with van der Waals surface area (Å²) in [6.07, 6.45) is 0. The van der Waals surface area contributed by atoms with Crippen molar-refractivity contribution in [2.24, 2.45) is 0 Å². The molecule has 0 bridgehead atoms. The normalized spacial score (nSPS) is 10.6. The van der Waals surface area contributed by atoms with E-state index in [0.717, 1.165) is 24.8 Å². The summed E-state index contributed by atoms with van der Waals surface area (Å²) in [7, 11) is 0. The predicted octanol–water partition coefficient (Wildman–Crippen LogP) is 5.62. The summed E-state index contributed by atoms with van der Waals surface area (Å²) in [5.74, 6) is 0.0680. The second-order valence-corrected chi connectivity index (χ2v) is 9.07. The largest absolute Gasteiger partial charge is 0.350 e. The van der Waals surface area contributed by atoms with Crippen LogP contribution in [0.4, 0.5) is 17.6 Å². The highest BCUT2D eigenvalue weighted by molar-refractivity contribution is 9.10. The molecule has 0 spiro atoms. The maximum absolute atomic E-state index is 13.1. The molecule has 4 rings (SSSR count). The van der Waals surface area contributed by atoms with Crippen molar-refractivity contribution in [3.05, 3.63) is 109 Å². The van der Waals surface area contributed by atoms with E-state index in [2.05, 4.69) is 52.6 Å². The number of rotatable bonds is 8. The van der Waals surface area contributed by atoms with Gasteiger partial charge in [0.25, 0.3) is 11.6 Å². The molecule has 1 heterocycles. The van der Waals surface area contributed by atoms with E-state index in [9.17, 15) is 14.9 Å². The third-order valence-electron chi connectivity index (χ3n) is 4.85. The Bertz CT molecular complexity index is 1310. The maximum atomic E-state index is 13.1. The second-order valence-electron chi connectivity index (χ2n) is 7.24. The van der Waals surface area contributed by atoms with Crippen LogP contribution in [0, 0.1) is 10.1 Å². The molecule has 0 fully saturated rings. The molecule has 0 saturated carbocycles. The van der Waals surface area contributed by atoms with Crippen molar-refractivity contribution in [2.45, 2.75) is 13.1 Å². The summed E-state index contributed by atoms with van der Waals surface area (Å²) >= 11 is 6.82. The van der Waals surface area contributed by atoms with Crippen LogP contribution in [-0.4, -0.2) is 25.6 Å². The number of carbonyl (C=O) groups excluding carboxylic acids is 1. The Labute approximate surface area is 211 Å². The van der Waals surface area contributed by atoms with Crippen LogP contribution in [0.2, 0.25) is 0 Å². The van der Waals surface area contributed by atoms with Crippen LogP contribution in [0.1, 0.15) is 21.5 Å². The number of non-ortho nitro benzene ring substituents is 1. The number of anilines is 2. The van der Waals surface area contributed by atoms with Gasteiger partial charge in [0.05, 0.1) is 4.92 Å². The van der Waals surface area contributed by atoms with Crippen molar-refractivity contribution < 1.29 is 9.72 Å². The molecule has 0 unspecified atom stereocenters. The topological polar surface area (TPSA) is 115 Å². The number of hydrogen-bond acceptors (Lipinski definition) is 7. The fourth-order valence-electron chi connectivity index (χ4n) is 3.06. The van der Waals surface area contributed by atoms with Gasteiger partial charge < -0.3 is 10.6 Å². The van der Waals surface area contributed by atoms with Crippen LogP contribution >= 0.6 is 31.9 Å². The standard InChI is InChI=1S/C23H18Br2N6O3/c24-18-7-1-15(2-8-18)13-26-22-28-23(27-14-16-3-9-19(25)10-4-16)30(29-22)21(32)17-5-11-20(12-6-17)31(33)34/h1-12H,13-14H2,(H2,26,27,28,29). The molecule has 0 radical (unpaired) electrons. The minimum absolute atomic E-state index is 0.0967. The van der Waals surface area contributed by atoms with Crippen LogP contribution in [0.3, 0.4) is 0 Å². The van der Waals surface area contributed by atoms with E-state index in [1.165, 1.54) is 24.3 Å². The summed E-state index contributed by atoms with van der Waals surface area (Å²) in [5.41, 5.74) is 2.16. The van der Waals surface area contributed by atoms with Gasteiger partial charge in [-0.15, -0.1) is 5.10 Å². The number of carbonyl (C=O) groups is 1. The highest BCUT2D eigenvalue weighted by Gasteiger charge is 2.19. The van der Waals surface area contributed by atoms with E-state index >= 15 is 0 Å². The Balaban J connectivity index is 1.57. The average Bonchev–Trinajstić information content (AvgIpc) is 3.26. The van der Waals surface area contributed by atoms with Crippen molar-refractivity contribution >= 4 is 55.4 Å². The minimum Gasteiger partial charge on any atom is -0.350 e. The van der Waals surface area contributed by atoms with E-state index in [1.807, 2.05) is 48.5 Å². The number of aromatic nitrogens is 3. The van der Waals surface area contributed by atoms with Crippen LogP contribution < -0.4 is 10.6 Å². The van der Waals surface area contributed by atoms with Crippen molar-refractivity contribution in [2.75, 3.05) is 10.6 Å². The summed E-state index contributed by atoms with van der Waals surface area (Å²) < 4.78 is 3.10. The van der Waals surface area contributed by atoms with E-state index in [-0.39, 0.29) is 23.1 Å². The molecular formula is C23H18Br2N6O3. The molecule has 4 aromatic rings. The van der Waals surface area contributed by atoms with Gasteiger partial charge in [-0.1, -0.05) is 56.1 Å². The summed E-state index contributed by atoms with van der Waals surface area (Å²) in [6.45, 7) is 0.890. The second kappa shape index (κ2) is 10.6. The van der Waals surface area contributed by atoms with Gasteiger partial charge in [-0.05, 0) is 47.5 Å². The minimum atomic E-state index is -0.515. The molecule has 11 heteroatoms. The molecule has 0 amide bonds. The van der Waals surface area contributed by atoms with Crippen LogP contribution in [0.5, 0.6) is 0 Å². The average molecular weight is 586 g/mol. The zero-order chi connectivity index (χ0) is 24.1. The zero-order valence-corrected chi connectivity index (χ0v) is 20.8. The number of nitro benzene ring substituents is 1. The number of hydrogen-bond donors (Lipinski definition) is 2. The zero-order valence-electron chi connectivity index (χ0n) is 17.6. The van der Waals surface area contributed by atoms with Gasteiger partial charge in [-0.3, -0.25) is 14.9 Å². The molecule has 0 aliphatic carbocycles. The first-order chi connectivity index (χ1) is 16.4. The Kier molecular flexibility index (Phi) is 7.33. The monoisotopic (exact) mass is 584 g/mol. The third kappa shape index (κ3) is 5.86. The first kappa shape index (κ1) is 23.6. The lowest BCUT2D eigenvalue weighted by atomic mass is 10.2. The lowest BCUT2D eigenvalue weighted by Gasteiger charge is -2.07. The molecule has 34 heavy (non-hydrogen) atoms. The van der Waals surface area contributed by atoms with Crippen molar-refractivity contribution in [1.82, 2.24) is 14.8 Å². The molecule has 172 valence electrons. The van der Waals surface area contributed by atoms with Crippen molar-refractivity contribution in [1.29, 1.82) is 0 Å². The van der Waals surface area contributed by atoms with Crippen molar-refractivity contribution in [3.8, 4) is 0 Å². The molecule has 0 aliphatic rings. The van der Waals surface area contributed by atoms with Gasteiger partial charge in [0.1, 0.15) is 0 Å². The number of halogens is 2. The van der Waals surface area contributed by atoms with Crippen LogP contribution in [0.15, 0.2) is 81.7 Å². The Morgan fingerprint density at radius 3 is 1.91 bits per heavy atom. The molecular weight excluding hydrogens is 568 g/mol. The fraction of sp³-hybridized carbons (Fsp3) is 0.0870. The Morgan fingerprint density at radius 2 is 1.38 bits per heavy atom. The number of nitrogens with one attached hydrogen (secondary N) is 2. The smallest absolute Gasteiger partial charge is 0.281 e. The highest BCUT2D eigenvalue weighted by Crippen LogP contribution is 2.18. The molecule has 0 aliphatic heterocycles. The quantitative estimate of drug-likeness (QED) is 0.203. The van der Waals surface area contributed by atoms with Gasteiger partial charge in [-0.25, -0.2) is 0 Å². The number of benzene rings is 3. The first-order valence-corrected chi connectivity index (χ1v) is 11.7. The Hall–Kier alpha value is -3.57. The van der Waals surface area contributed by atoms with Gasteiger partial charge in [0.15, 0.2) is 0 Å². The lowest BCUT2D eigenvalue weighted by Crippen LogP contribution is -2.17. The summed E-state index contributed by atoms with van der Waals surface area (Å²) in [5, 5.41) is 21.5. The maximum Gasteiger partial charge on any atom is 0.281 e. The van der Waals surface area contributed by atoms with Gasteiger partial charge in [-0.2, -0.15) is 9.67 Å². The third-order valence-corrected chi connectivity index (χ3v) is 5.91. The molecule has 3 aromatic carbocycles. The molecule has 0 saturated heterocycles. The molecule has 2 N–H and O–H groups in total. The summed E-state index contributed by atoms with van der Waals surface area (Å²) in [6, 6.07) is 20.9. The predicted molar refractivity (Wildman–Crippen MR) is 136 cm³/mol. The number of nitrogens with zero attached hydrogens (tertiary/aromatic N) is 4. The van der Waals surface area contributed by atoms with E-state index < -0.39 is 10.8 Å². The highest BCUT2D eigenvalue weighted by atomic mass is 79.9. The van der Waals surface area contributed by atoms with E-state index in [0.29, 0.717) is 13.1 Å². The van der Waals surface area contributed by atoms with Crippen LogP contribution in [0.25, 0.3) is 0 Å². The number of nitro groups is 1. The summed E-state index contributed by atoms with van der Waals surface area (Å²) in [4.78, 5) is 28.0. The van der Waals surface area contributed by atoms with Crippen LogP contribution in [-0.2, 0) is 13.1 Å².